The molecule has 2 atom stereocenters. The fourth-order valence-electron chi connectivity index (χ4n) is 1.64. The molecule has 14 heavy (non-hydrogen) atoms. The van der Waals surface area contributed by atoms with E-state index in [0.29, 0.717) is 0 Å². The van der Waals surface area contributed by atoms with Gasteiger partial charge in [0.25, 0.3) is 0 Å². The van der Waals surface area contributed by atoms with Crippen molar-refractivity contribution in [3.05, 3.63) is 12.7 Å². The Bertz CT molecular complexity index is 137. The summed E-state index contributed by atoms with van der Waals surface area (Å²) in [6.45, 7) is 13.8. The zero-order valence-corrected chi connectivity index (χ0v) is 11.4. The van der Waals surface area contributed by atoms with Gasteiger partial charge in [0.2, 0.25) is 0 Å². The predicted molar refractivity (Wildman–Crippen MR) is 67.3 cm³/mol. The molecule has 0 N–H and O–H groups in total. The van der Waals surface area contributed by atoms with Crippen molar-refractivity contribution in [2.75, 3.05) is 6.61 Å². The van der Waals surface area contributed by atoms with E-state index in [-0.39, 0.29) is 0 Å². The van der Waals surface area contributed by atoms with Gasteiger partial charge >= 0.3 is 0 Å². The smallest absolute Gasteiger partial charge is 0.182 e. The van der Waals surface area contributed by atoms with E-state index in [0.717, 1.165) is 24.1 Å². The molecule has 0 saturated heterocycles. The molecular formula is C12H26OSi. The van der Waals surface area contributed by atoms with Crippen LogP contribution in [0.4, 0.5) is 0 Å². The Morgan fingerprint density at radius 1 is 1.21 bits per heavy atom. The molecule has 0 bridgehead atoms. The van der Waals surface area contributed by atoms with Crippen molar-refractivity contribution in [1.29, 1.82) is 0 Å². The Morgan fingerprint density at radius 3 is 2.07 bits per heavy atom. The highest BCUT2D eigenvalue weighted by Gasteiger charge is 2.24. The summed E-state index contributed by atoms with van der Waals surface area (Å²) in [6.07, 6.45) is 5.46. The number of rotatable bonds is 8. The molecule has 0 aliphatic heterocycles. The van der Waals surface area contributed by atoms with Crippen LogP contribution in [-0.4, -0.2) is 15.6 Å². The summed E-state index contributed by atoms with van der Waals surface area (Å²) < 4.78 is 6.06. The van der Waals surface area contributed by atoms with Crippen molar-refractivity contribution in [1.82, 2.24) is 0 Å². The maximum absolute atomic E-state index is 6.06. The van der Waals surface area contributed by atoms with E-state index < -0.39 is 9.04 Å². The molecule has 0 amide bonds. The first-order chi connectivity index (χ1) is 6.67. The van der Waals surface area contributed by atoms with E-state index in [4.69, 9.17) is 4.43 Å². The highest BCUT2D eigenvalue weighted by Crippen LogP contribution is 2.27. The third-order valence-corrected chi connectivity index (χ3v) is 6.85. The Kier molecular flexibility index (Phi) is 8.19. The Hall–Kier alpha value is -0.0831. The SMILES string of the molecule is C=CCCO[SiH](C(C)CC)C(C)CC. The Labute approximate surface area is 91.3 Å². The van der Waals surface area contributed by atoms with Gasteiger partial charge in [-0.15, -0.1) is 6.58 Å². The molecule has 84 valence electrons. The van der Waals surface area contributed by atoms with E-state index in [2.05, 4.69) is 34.3 Å². The molecule has 0 aliphatic carbocycles. The molecule has 0 saturated carbocycles. The van der Waals surface area contributed by atoms with Crippen molar-refractivity contribution in [3.8, 4) is 0 Å². The maximum atomic E-state index is 6.06. The Balaban J connectivity index is 4.02. The second kappa shape index (κ2) is 8.24. The molecular weight excluding hydrogens is 188 g/mol. The third kappa shape index (κ3) is 4.96. The van der Waals surface area contributed by atoms with Crippen LogP contribution >= 0.6 is 0 Å². The van der Waals surface area contributed by atoms with Crippen LogP contribution in [-0.2, 0) is 4.43 Å². The molecule has 0 aromatic rings. The summed E-state index contributed by atoms with van der Waals surface area (Å²) in [7, 11) is -1.00. The summed E-state index contributed by atoms with van der Waals surface area (Å²) >= 11 is 0. The van der Waals surface area contributed by atoms with Gasteiger partial charge in [-0.25, -0.2) is 0 Å². The lowest BCUT2D eigenvalue weighted by Gasteiger charge is -2.26. The monoisotopic (exact) mass is 214 g/mol. The van der Waals surface area contributed by atoms with Gasteiger partial charge in [-0.3, -0.25) is 0 Å². The summed E-state index contributed by atoms with van der Waals surface area (Å²) in [5.74, 6) is 0. The summed E-state index contributed by atoms with van der Waals surface area (Å²) in [4.78, 5) is 0. The normalized spacial score (nSPS) is 17.4. The molecule has 1 nitrogen and oxygen atoms in total. The average Bonchev–Trinajstić information content (AvgIpc) is 2.22. The van der Waals surface area contributed by atoms with E-state index in [9.17, 15) is 0 Å². The van der Waals surface area contributed by atoms with E-state index in [1.807, 2.05) is 6.08 Å². The number of hydrogen-bond acceptors (Lipinski definition) is 1. The van der Waals surface area contributed by atoms with Gasteiger partial charge in [-0.2, -0.15) is 0 Å². The van der Waals surface area contributed by atoms with Crippen molar-refractivity contribution < 1.29 is 4.43 Å². The van der Waals surface area contributed by atoms with Gasteiger partial charge in [0.1, 0.15) is 0 Å². The summed E-state index contributed by atoms with van der Waals surface area (Å²) in [5, 5.41) is 0. The molecule has 0 rings (SSSR count). The molecule has 0 spiro atoms. The minimum Gasteiger partial charge on any atom is -0.419 e. The van der Waals surface area contributed by atoms with E-state index in [1.54, 1.807) is 0 Å². The molecule has 0 aliphatic rings. The summed E-state index contributed by atoms with van der Waals surface area (Å²) in [6, 6.07) is 0. The minimum absolute atomic E-state index is 0.801. The van der Waals surface area contributed by atoms with Crippen molar-refractivity contribution in [2.45, 2.75) is 58.0 Å². The topological polar surface area (TPSA) is 9.23 Å². The van der Waals surface area contributed by atoms with Crippen LogP contribution < -0.4 is 0 Å². The number of hydrogen-bond donors (Lipinski definition) is 0. The standard InChI is InChI=1S/C12H26OSi/c1-6-9-10-13-14(11(4)7-2)12(5)8-3/h6,11-12,14H,1,7-10H2,2-5H3. The van der Waals surface area contributed by atoms with Crippen LogP contribution in [0.2, 0.25) is 11.1 Å². The van der Waals surface area contributed by atoms with Gasteiger partial charge in [0.05, 0.1) is 0 Å². The van der Waals surface area contributed by atoms with E-state index >= 15 is 0 Å². The largest absolute Gasteiger partial charge is 0.419 e. The van der Waals surface area contributed by atoms with Crippen LogP contribution in [0.1, 0.15) is 47.0 Å². The van der Waals surface area contributed by atoms with Gasteiger partial charge in [-0.05, 0) is 17.5 Å². The fourth-order valence-corrected chi connectivity index (χ4v) is 4.76. The zero-order valence-electron chi connectivity index (χ0n) is 10.3. The first-order valence-electron chi connectivity index (χ1n) is 5.89. The molecule has 0 aromatic heterocycles. The van der Waals surface area contributed by atoms with Crippen molar-refractivity contribution in [2.24, 2.45) is 0 Å². The predicted octanol–water partition coefficient (Wildman–Crippen LogP) is 3.90. The Morgan fingerprint density at radius 2 is 1.71 bits per heavy atom. The molecule has 0 radical (unpaired) electrons. The van der Waals surface area contributed by atoms with Gasteiger partial charge in [0.15, 0.2) is 9.04 Å². The minimum atomic E-state index is -1.00. The summed E-state index contributed by atoms with van der Waals surface area (Å²) in [5.41, 5.74) is 1.60. The van der Waals surface area contributed by atoms with Gasteiger partial charge in [0, 0.05) is 6.61 Å². The highest BCUT2D eigenvalue weighted by atomic mass is 28.3. The quantitative estimate of drug-likeness (QED) is 0.338. The lowest BCUT2D eigenvalue weighted by Crippen LogP contribution is -2.28. The maximum Gasteiger partial charge on any atom is 0.182 e. The van der Waals surface area contributed by atoms with Crippen molar-refractivity contribution in [3.63, 3.8) is 0 Å². The third-order valence-electron chi connectivity index (χ3n) is 3.04. The molecule has 2 unspecified atom stereocenters. The van der Waals surface area contributed by atoms with Crippen LogP contribution in [0.5, 0.6) is 0 Å². The molecule has 0 fully saturated rings. The van der Waals surface area contributed by atoms with Crippen LogP contribution in [0.3, 0.4) is 0 Å². The van der Waals surface area contributed by atoms with E-state index in [1.165, 1.54) is 12.8 Å². The fraction of sp³-hybridized carbons (Fsp3) is 0.833. The van der Waals surface area contributed by atoms with Gasteiger partial charge < -0.3 is 4.43 Å². The lowest BCUT2D eigenvalue weighted by atomic mass is 10.4. The first kappa shape index (κ1) is 13.9. The first-order valence-corrected chi connectivity index (χ1v) is 7.70. The van der Waals surface area contributed by atoms with Gasteiger partial charge in [-0.1, -0.05) is 46.6 Å². The second-order valence-electron chi connectivity index (χ2n) is 4.18. The lowest BCUT2D eigenvalue weighted by molar-refractivity contribution is 0.310. The van der Waals surface area contributed by atoms with Crippen LogP contribution in [0.25, 0.3) is 0 Å². The molecule has 0 heterocycles. The van der Waals surface area contributed by atoms with Crippen LogP contribution in [0, 0.1) is 0 Å². The highest BCUT2D eigenvalue weighted by molar-refractivity contribution is 6.55. The van der Waals surface area contributed by atoms with Crippen LogP contribution in [0.15, 0.2) is 12.7 Å². The van der Waals surface area contributed by atoms with Crippen molar-refractivity contribution >= 4 is 9.04 Å². The second-order valence-corrected chi connectivity index (χ2v) is 7.72. The average molecular weight is 214 g/mol. The zero-order chi connectivity index (χ0) is 11.0. The molecule has 2 heteroatoms. The molecule has 0 aromatic carbocycles.